The maximum absolute atomic E-state index is 14.1. The van der Waals surface area contributed by atoms with Crippen LogP contribution in [0, 0.1) is 40.9 Å². The van der Waals surface area contributed by atoms with Crippen molar-refractivity contribution in [2.45, 2.75) is 102 Å². The molecule has 41 heavy (non-hydrogen) atoms. The molecule has 0 spiro atoms. The molecule has 0 saturated heterocycles. The van der Waals surface area contributed by atoms with Crippen molar-refractivity contribution >= 4 is 28.4 Å². The van der Waals surface area contributed by atoms with Crippen molar-refractivity contribution in [3.63, 3.8) is 0 Å². The van der Waals surface area contributed by atoms with E-state index in [0.29, 0.717) is 47.2 Å². The lowest BCUT2D eigenvalue weighted by Gasteiger charge is -2.56. The first-order valence-electron chi connectivity index (χ1n) is 15.3. The quantitative estimate of drug-likeness (QED) is 0.411. The van der Waals surface area contributed by atoms with Gasteiger partial charge in [0.15, 0.2) is 11.4 Å². The summed E-state index contributed by atoms with van der Waals surface area (Å²) in [5.41, 5.74) is -1.40. The predicted molar refractivity (Wildman–Crippen MR) is 149 cm³/mol. The summed E-state index contributed by atoms with van der Waals surface area (Å²) in [6, 6.07) is 5.31. The second-order valence-corrected chi connectivity index (χ2v) is 14.0. The Balaban J connectivity index is 1.22. The van der Waals surface area contributed by atoms with E-state index in [9.17, 15) is 23.1 Å². The van der Waals surface area contributed by atoms with Gasteiger partial charge in [-0.2, -0.15) is 28.2 Å². The Morgan fingerprint density at radius 1 is 1.07 bits per heavy atom. The Morgan fingerprint density at radius 2 is 1.85 bits per heavy atom. The van der Waals surface area contributed by atoms with Crippen molar-refractivity contribution in [3.8, 4) is 0 Å². The number of hydrogen-bond donors (Lipinski definition) is 1. The number of rotatable bonds is 4. The van der Waals surface area contributed by atoms with E-state index in [1.807, 2.05) is 0 Å². The molecule has 0 aliphatic heterocycles. The number of methoxy groups -OCH3 is 1. The number of halogens is 4. The summed E-state index contributed by atoms with van der Waals surface area (Å²) in [5.74, 6) is 0.812. The molecule has 0 radical (unpaired) electrons. The fourth-order valence-electron chi connectivity index (χ4n) is 9.78. The number of benzene rings is 1. The van der Waals surface area contributed by atoms with Crippen LogP contribution in [0.1, 0.15) is 77.6 Å². The van der Waals surface area contributed by atoms with Gasteiger partial charge in [0.2, 0.25) is 0 Å². The molecule has 6 nitrogen and oxygen atoms in total. The van der Waals surface area contributed by atoms with Crippen LogP contribution in [0.15, 0.2) is 18.2 Å². The van der Waals surface area contributed by atoms with Crippen LogP contribution in [0.2, 0.25) is 5.02 Å². The molecule has 6 rings (SSSR count). The average molecular weight is 596 g/mol. The normalized spacial score (nSPS) is 39.7. The highest BCUT2D eigenvalue weighted by Gasteiger charge is 2.61. The number of aliphatic hydroxyl groups is 1. The summed E-state index contributed by atoms with van der Waals surface area (Å²) in [6.45, 7) is 2.39. The Kier molecular flexibility index (Phi) is 7.72. The summed E-state index contributed by atoms with van der Waals surface area (Å²) >= 11 is 6.09. The zero-order chi connectivity index (χ0) is 29.2. The predicted octanol–water partition coefficient (Wildman–Crippen LogP) is 7.01. The van der Waals surface area contributed by atoms with Gasteiger partial charge in [0.05, 0.1) is 6.10 Å². The van der Waals surface area contributed by atoms with E-state index < -0.39 is 11.8 Å². The number of fused-ring (bicyclic) bond motifs is 6. The number of nitrogens with zero attached hydrogens (tertiary/aromatic N) is 3. The molecule has 1 heterocycles. The number of Topliss-reactive ketones (excluding diaryl/α,β-unsaturated/α-hetero) is 1. The van der Waals surface area contributed by atoms with Gasteiger partial charge in [0.25, 0.3) is 0 Å². The SMILES string of the molecule is COC1CCCC[C@](O)(C(F)(F)F)C[C@H]2CC[C@H]3C4CC[C@H](C(=O)Cn5nc6ccc(Cl)cc6n5)[C@@]4(C)CC[C@@H]3[C@H]12. The van der Waals surface area contributed by atoms with Crippen molar-refractivity contribution in [2.75, 3.05) is 7.11 Å². The van der Waals surface area contributed by atoms with Gasteiger partial charge in [-0.3, -0.25) is 4.79 Å². The molecule has 4 aliphatic rings. The molecule has 9 atom stereocenters. The van der Waals surface area contributed by atoms with Crippen LogP contribution in [0.25, 0.3) is 11.0 Å². The monoisotopic (exact) mass is 595 g/mol. The lowest BCUT2D eigenvalue weighted by atomic mass is 9.49. The maximum Gasteiger partial charge on any atom is 0.417 e. The molecule has 2 unspecified atom stereocenters. The van der Waals surface area contributed by atoms with E-state index >= 15 is 0 Å². The van der Waals surface area contributed by atoms with Gasteiger partial charge >= 0.3 is 6.18 Å². The molecule has 4 saturated carbocycles. The minimum atomic E-state index is -4.63. The lowest BCUT2D eigenvalue weighted by Crippen LogP contribution is -2.53. The highest BCUT2D eigenvalue weighted by atomic mass is 35.5. The Bertz CT molecular complexity index is 1290. The van der Waals surface area contributed by atoms with Crippen LogP contribution in [0.3, 0.4) is 0 Å². The number of carbonyl (C=O) groups is 1. The third-order valence-corrected chi connectivity index (χ3v) is 11.9. The Morgan fingerprint density at radius 3 is 2.61 bits per heavy atom. The summed E-state index contributed by atoms with van der Waals surface area (Å²) < 4.78 is 48.3. The highest BCUT2D eigenvalue weighted by molar-refractivity contribution is 6.31. The fourth-order valence-corrected chi connectivity index (χ4v) is 9.95. The molecule has 2 aromatic rings. The minimum absolute atomic E-state index is 0.00226. The molecular weight excluding hydrogens is 555 g/mol. The van der Waals surface area contributed by atoms with Crippen LogP contribution < -0.4 is 0 Å². The first-order chi connectivity index (χ1) is 19.4. The zero-order valence-electron chi connectivity index (χ0n) is 23.9. The van der Waals surface area contributed by atoms with Gasteiger partial charge in [0.1, 0.15) is 17.6 Å². The average Bonchev–Trinajstić information content (AvgIpc) is 3.49. The van der Waals surface area contributed by atoms with Gasteiger partial charge in [-0.1, -0.05) is 31.4 Å². The molecule has 0 amide bonds. The highest BCUT2D eigenvalue weighted by Crippen LogP contribution is 2.64. The summed E-state index contributed by atoms with van der Waals surface area (Å²) in [4.78, 5) is 15.2. The summed E-state index contributed by atoms with van der Waals surface area (Å²) in [6.07, 6.45) is 1.57. The molecule has 4 fully saturated rings. The van der Waals surface area contributed by atoms with Crippen LogP contribution in [0.4, 0.5) is 13.2 Å². The van der Waals surface area contributed by atoms with Gasteiger partial charge in [-0.15, -0.1) is 0 Å². The van der Waals surface area contributed by atoms with E-state index in [2.05, 4.69) is 17.1 Å². The fraction of sp³-hybridized carbons (Fsp3) is 0.774. The van der Waals surface area contributed by atoms with Gasteiger partial charge in [-0.05, 0) is 111 Å². The van der Waals surface area contributed by atoms with Crippen molar-refractivity contribution in [3.05, 3.63) is 23.2 Å². The number of hydrogen-bond acceptors (Lipinski definition) is 5. The van der Waals surface area contributed by atoms with Gasteiger partial charge in [0, 0.05) is 18.1 Å². The molecule has 4 aliphatic carbocycles. The van der Waals surface area contributed by atoms with E-state index in [-0.39, 0.29) is 60.4 Å². The van der Waals surface area contributed by atoms with Crippen LogP contribution in [-0.2, 0) is 16.1 Å². The molecule has 1 aromatic carbocycles. The summed E-state index contributed by atoms with van der Waals surface area (Å²) in [7, 11) is 1.69. The zero-order valence-corrected chi connectivity index (χ0v) is 24.6. The second kappa shape index (κ2) is 10.8. The van der Waals surface area contributed by atoms with Crippen molar-refractivity contribution in [2.24, 2.45) is 40.9 Å². The van der Waals surface area contributed by atoms with Crippen molar-refractivity contribution in [1.82, 2.24) is 15.0 Å². The molecular formula is C31H41ClF3N3O3. The number of aromatic nitrogens is 3. The van der Waals surface area contributed by atoms with E-state index in [1.54, 1.807) is 25.3 Å². The molecule has 1 aromatic heterocycles. The molecule has 10 heteroatoms. The Hall–Kier alpha value is -1.71. The number of alkyl halides is 3. The van der Waals surface area contributed by atoms with Crippen LogP contribution in [-0.4, -0.2) is 50.9 Å². The molecule has 1 N–H and O–H groups in total. The lowest BCUT2D eigenvalue weighted by molar-refractivity contribution is -0.272. The minimum Gasteiger partial charge on any atom is -0.381 e. The van der Waals surface area contributed by atoms with Crippen molar-refractivity contribution < 1.29 is 27.8 Å². The van der Waals surface area contributed by atoms with Gasteiger partial charge < -0.3 is 9.84 Å². The van der Waals surface area contributed by atoms with Gasteiger partial charge in [-0.25, -0.2) is 0 Å². The topological polar surface area (TPSA) is 77.2 Å². The largest absolute Gasteiger partial charge is 0.417 e. The summed E-state index contributed by atoms with van der Waals surface area (Å²) in [5, 5.41) is 20.4. The number of ketones is 1. The molecule has 226 valence electrons. The Labute approximate surface area is 244 Å². The first kappa shape index (κ1) is 29.4. The number of carbonyl (C=O) groups excluding carboxylic acids is 1. The smallest absolute Gasteiger partial charge is 0.381 e. The van der Waals surface area contributed by atoms with Crippen molar-refractivity contribution in [1.29, 1.82) is 0 Å². The molecule has 0 bridgehead atoms. The second-order valence-electron chi connectivity index (χ2n) is 13.6. The first-order valence-corrected chi connectivity index (χ1v) is 15.7. The van der Waals surface area contributed by atoms with E-state index in [0.717, 1.165) is 38.5 Å². The number of ether oxygens (including phenoxy) is 1. The van der Waals surface area contributed by atoms with Crippen LogP contribution >= 0.6 is 11.6 Å². The standard InChI is InChI=1S/C31H41ClF3N3O3/c1-29-14-12-21-20(8-6-18-16-30(40,31(33,34)35)13-4-3-5-27(41-2)28(18)21)22(29)9-10-23(29)26(39)17-38-36-24-11-7-19(32)15-25(24)37-38/h7,11,15,18,20-23,27-28,40H,3-6,8-10,12-14,16-17H2,1-2H3/t18-,20-,21+,22?,23-,27?,28-,29+,30-/m1/s1. The maximum atomic E-state index is 14.1. The van der Waals surface area contributed by atoms with E-state index in [4.69, 9.17) is 16.3 Å². The van der Waals surface area contributed by atoms with Crippen LogP contribution in [0.5, 0.6) is 0 Å². The third kappa shape index (κ3) is 5.12. The third-order valence-electron chi connectivity index (χ3n) is 11.7. The van der Waals surface area contributed by atoms with E-state index in [1.165, 1.54) is 4.80 Å².